The van der Waals surface area contributed by atoms with E-state index < -0.39 is 35.2 Å². The van der Waals surface area contributed by atoms with E-state index in [0.717, 1.165) is 41.2 Å². The van der Waals surface area contributed by atoms with Crippen LogP contribution < -0.4 is 0 Å². The van der Waals surface area contributed by atoms with Crippen molar-refractivity contribution in [1.82, 2.24) is 24.5 Å². The molecule has 2 aliphatic rings. The van der Waals surface area contributed by atoms with Crippen molar-refractivity contribution in [2.75, 3.05) is 0 Å². The van der Waals surface area contributed by atoms with Gasteiger partial charge in [0.15, 0.2) is 17.5 Å². The molecule has 0 radical (unpaired) electrons. The number of halogens is 6. The minimum absolute atomic E-state index is 0.158. The van der Waals surface area contributed by atoms with Crippen molar-refractivity contribution in [3.63, 3.8) is 0 Å². The lowest BCUT2D eigenvalue weighted by molar-refractivity contribution is -0.137. The average Bonchev–Trinajstić information content (AvgIpc) is 3.52. The Morgan fingerprint density at radius 2 is 1.79 bits per heavy atom. The number of alkyl halides is 3. The Labute approximate surface area is 218 Å². The van der Waals surface area contributed by atoms with E-state index in [1.807, 2.05) is 0 Å². The molecular weight excluding hydrogens is 524 g/mol. The van der Waals surface area contributed by atoms with Gasteiger partial charge in [-0.3, -0.25) is 9.48 Å². The summed E-state index contributed by atoms with van der Waals surface area (Å²) >= 11 is 0. The molecule has 1 fully saturated rings. The lowest BCUT2D eigenvalue weighted by Crippen LogP contribution is -2.49. The molecule has 2 aliphatic heterocycles. The molecule has 2 atom stereocenters. The third-order valence-corrected chi connectivity index (χ3v) is 7.44. The summed E-state index contributed by atoms with van der Waals surface area (Å²) in [6.45, 7) is 0. The molecule has 2 aromatic heterocycles. The number of carbonyl (C=O) groups excluding carboxylic acids is 1. The van der Waals surface area contributed by atoms with Crippen LogP contribution in [0.5, 0.6) is 0 Å². The van der Waals surface area contributed by atoms with E-state index in [2.05, 4.69) is 10.2 Å². The zero-order valence-electron chi connectivity index (χ0n) is 20.5. The summed E-state index contributed by atoms with van der Waals surface area (Å²) in [6, 6.07) is 7.48. The van der Waals surface area contributed by atoms with Gasteiger partial charge in [-0.2, -0.15) is 23.4 Å². The number of amides is 1. The molecule has 1 amide bonds. The van der Waals surface area contributed by atoms with Gasteiger partial charge in [0.1, 0.15) is 0 Å². The molecule has 202 valence electrons. The first kappa shape index (κ1) is 25.2. The average molecular weight is 545 g/mol. The number of aromatic nitrogens is 4. The highest BCUT2D eigenvalue weighted by Gasteiger charge is 2.43. The van der Waals surface area contributed by atoms with E-state index >= 15 is 0 Å². The molecule has 2 aromatic carbocycles. The Bertz CT molecular complexity index is 1580. The first-order valence-electron chi connectivity index (χ1n) is 12.3. The molecule has 6 nitrogen and oxygen atoms in total. The number of nitrogens with zero attached hydrogens (tertiary/aromatic N) is 5. The highest BCUT2D eigenvalue weighted by atomic mass is 19.4. The van der Waals surface area contributed by atoms with Gasteiger partial charge in [-0.25, -0.2) is 17.9 Å². The van der Waals surface area contributed by atoms with Gasteiger partial charge in [-0.1, -0.05) is 6.07 Å². The summed E-state index contributed by atoms with van der Waals surface area (Å²) in [5.74, 6) is -4.44. The van der Waals surface area contributed by atoms with Gasteiger partial charge in [0.05, 0.1) is 34.9 Å². The normalized spacial score (nSPS) is 18.8. The third kappa shape index (κ3) is 4.18. The number of aryl methyl sites for hydroxylation is 1. The monoisotopic (exact) mass is 545 g/mol. The number of carbonyl (C=O) groups is 1. The van der Waals surface area contributed by atoms with Crippen molar-refractivity contribution < 1.29 is 31.1 Å². The summed E-state index contributed by atoms with van der Waals surface area (Å²) in [7, 11) is 1.63. The largest absolute Gasteiger partial charge is 0.419 e. The van der Waals surface area contributed by atoms with Crippen LogP contribution in [0.4, 0.5) is 26.3 Å². The van der Waals surface area contributed by atoms with Gasteiger partial charge >= 0.3 is 6.18 Å². The lowest BCUT2D eigenvalue weighted by Gasteiger charge is -2.45. The highest BCUT2D eigenvalue weighted by Crippen LogP contribution is 2.45. The van der Waals surface area contributed by atoms with E-state index in [9.17, 15) is 31.1 Å². The van der Waals surface area contributed by atoms with Crippen LogP contribution in [0.3, 0.4) is 0 Å². The number of hydrogen-bond acceptors (Lipinski definition) is 3. The standard InChI is InChI=1S/C27H21F6N5O/c1-36-25(15-9-20(28)23(30)21(29)10-15)19-11-18-6-3-7-22(24(19)35-36)38(18)26(39)14-4-2-5-17(8-14)37-13-16(12-34-37)27(31,32)33/h2,4-5,8-10,12-13,18,22H,3,6-7,11H2,1H3. The van der Waals surface area contributed by atoms with E-state index in [-0.39, 0.29) is 23.1 Å². The van der Waals surface area contributed by atoms with Gasteiger partial charge in [0, 0.05) is 36.0 Å². The number of rotatable bonds is 3. The van der Waals surface area contributed by atoms with Crippen molar-refractivity contribution >= 4 is 5.91 Å². The van der Waals surface area contributed by atoms with Crippen molar-refractivity contribution in [1.29, 1.82) is 0 Å². The van der Waals surface area contributed by atoms with Gasteiger partial charge < -0.3 is 4.90 Å². The van der Waals surface area contributed by atoms with E-state index in [4.69, 9.17) is 0 Å². The van der Waals surface area contributed by atoms with Gasteiger partial charge in [-0.15, -0.1) is 0 Å². The van der Waals surface area contributed by atoms with Crippen molar-refractivity contribution in [2.24, 2.45) is 7.05 Å². The van der Waals surface area contributed by atoms with E-state index in [1.54, 1.807) is 30.1 Å². The zero-order chi connectivity index (χ0) is 27.6. The molecule has 1 saturated heterocycles. The first-order valence-corrected chi connectivity index (χ1v) is 12.3. The zero-order valence-corrected chi connectivity index (χ0v) is 20.5. The molecule has 4 heterocycles. The van der Waals surface area contributed by atoms with Crippen molar-refractivity contribution in [2.45, 2.75) is 43.9 Å². The Balaban J connectivity index is 1.36. The van der Waals surface area contributed by atoms with Gasteiger partial charge in [-0.05, 0) is 56.0 Å². The molecule has 0 saturated carbocycles. The van der Waals surface area contributed by atoms with Crippen molar-refractivity contribution in [3.8, 4) is 16.9 Å². The molecule has 0 N–H and O–H groups in total. The molecule has 6 rings (SSSR count). The third-order valence-electron chi connectivity index (χ3n) is 7.44. The van der Waals surface area contributed by atoms with Crippen LogP contribution in [0.1, 0.15) is 52.5 Å². The summed E-state index contributed by atoms with van der Waals surface area (Å²) < 4.78 is 83.4. The Kier molecular flexibility index (Phi) is 5.81. The minimum Gasteiger partial charge on any atom is -0.327 e. The molecule has 0 spiro atoms. The number of hydrogen-bond donors (Lipinski definition) is 0. The Morgan fingerprint density at radius 1 is 1.05 bits per heavy atom. The van der Waals surface area contributed by atoms with Crippen LogP contribution in [0.15, 0.2) is 48.8 Å². The van der Waals surface area contributed by atoms with Crippen LogP contribution in [0.2, 0.25) is 0 Å². The fourth-order valence-corrected chi connectivity index (χ4v) is 5.74. The molecule has 2 bridgehead atoms. The molecule has 12 heteroatoms. The molecule has 4 aromatic rings. The fraction of sp³-hybridized carbons (Fsp3) is 0.296. The van der Waals surface area contributed by atoms with Gasteiger partial charge in [0.25, 0.3) is 5.91 Å². The Hall–Kier alpha value is -4.09. The molecule has 39 heavy (non-hydrogen) atoms. The smallest absolute Gasteiger partial charge is 0.327 e. The van der Waals surface area contributed by atoms with E-state index in [0.29, 0.717) is 36.3 Å². The van der Waals surface area contributed by atoms with Gasteiger partial charge in [0.2, 0.25) is 0 Å². The van der Waals surface area contributed by atoms with Crippen LogP contribution in [0.25, 0.3) is 16.9 Å². The lowest BCUT2D eigenvalue weighted by atomic mass is 9.81. The van der Waals surface area contributed by atoms with Crippen LogP contribution in [-0.4, -0.2) is 36.4 Å². The summed E-state index contributed by atoms with van der Waals surface area (Å²) in [4.78, 5) is 15.5. The van der Waals surface area contributed by atoms with Crippen molar-refractivity contribution in [3.05, 3.63) is 88.6 Å². The Morgan fingerprint density at radius 3 is 2.49 bits per heavy atom. The number of piperidine rings is 1. The molecule has 0 aliphatic carbocycles. The first-order chi connectivity index (χ1) is 18.5. The second kappa shape index (κ2) is 8.99. The summed E-state index contributed by atoms with van der Waals surface area (Å²) in [6.07, 6.45) is -0.416. The second-order valence-electron chi connectivity index (χ2n) is 9.83. The van der Waals surface area contributed by atoms with Crippen LogP contribution in [0, 0.1) is 17.5 Å². The maximum absolute atomic E-state index is 14.0. The molecule has 2 unspecified atom stereocenters. The summed E-state index contributed by atoms with van der Waals surface area (Å²) in [5.41, 5.74) is 1.69. The highest BCUT2D eigenvalue weighted by molar-refractivity contribution is 5.95. The molecular formula is C27H21F6N5O. The minimum atomic E-state index is -4.54. The second-order valence-corrected chi connectivity index (χ2v) is 9.83. The maximum atomic E-state index is 14.0. The number of benzene rings is 2. The van der Waals surface area contributed by atoms with Crippen LogP contribution >= 0.6 is 0 Å². The quantitative estimate of drug-likeness (QED) is 0.234. The topological polar surface area (TPSA) is 56.0 Å². The van der Waals surface area contributed by atoms with Crippen LogP contribution in [-0.2, 0) is 19.6 Å². The number of fused-ring (bicyclic) bond motifs is 4. The van der Waals surface area contributed by atoms with E-state index in [1.165, 1.54) is 10.7 Å². The predicted octanol–water partition coefficient (Wildman–Crippen LogP) is 6.00. The predicted molar refractivity (Wildman–Crippen MR) is 127 cm³/mol. The summed E-state index contributed by atoms with van der Waals surface area (Å²) in [5, 5.41) is 8.40. The maximum Gasteiger partial charge on any atom is 0.419 e. The SMILES string of the molecule is Cn1nc2c(c1-c1cc(F)c(F)c(F)c1)CC1CCCC2N1C(=O)c1cccc(-n2cc(C(F)(F)F)cn2)c1. The fourth-order valence-electron chi connectivity index (χ4n) is 5.74.